The summed E-state index contributed by atoms with van der Waals surface area (Å²) in [5.74, 6) is 1.33. The van der Waals surface area contributed by atoms with Gasteiger partial charge in [0.25, 0.3) is 0 Å². The van der Waals surface area contributed by atoms with Gasteiger partial charge in [0.2, 0.25) is 0 Å². The van der Waals surface area contributed by atoms with Crippen molar-refractivity contribution in [2.24, 2.45) is 11.8 Å². The number of fused-ring (bicyclic) bond motifs is 1. The molecule has 2 aromatic rings. The zero-order chi connectivity index (χ0) is 20.6. The first-order valence-electron chi connectivity index (χ1n) is 11.4. The van der Waals surface area contributed by atoms with Crippen molar-refractivity contribution in [1.29, 1.82) is 0 Å². The van der Waals surface area contributed by atoms with Gasteiger partial charge in [-0.3, -0.25) is 15.2 Å². The standard InChI is InChI=1S/C26H33N3Si/c1-30(2,29-18-27-17-28-19-29)26-15-14-24-23(12-7-13-25(24)26)22-11-6-10-21(16-22)20-8-4-3-5-9-20/h3-13,16,24-28H,14-15,17-19H2,1-2H3. The molecule has 3 atom stereocenters. The van der Waals surface area contributed by atoms with Gasteiger partial charge in [-0.05, 0) is 52.1 Å². The van der Waals surface area contributed by atoms with Crippen LogP contribution in [-0.4, -0.2) is 32.8 Å². The van der Waals surface area contributed by atoms with Gasteiger partial charge >= 0.3 is 0 Å². The Morgan fingerprint density at radius 3 is 2.40 bits per heavy atom. The SMILES string of the molecule is C[Si](C)(C1CCC2C(c3cccc(-c4ccccc4)c3)=CC=CC21)N1CNCNC1. The van der Waals surface area contributed by atoms with E-state index >= 15 is 0 Å². The van der Waals surface area contributed by atoms with E-state index < -0.39 is 8.24 Å². The van der Waals surface area contributed by atoms with E-state index in [4.69, 9.17) is 0 Å². The molecule has 3 nitrogen and oxygen atoms in total. The molecule has 1 saturated carbocycles. The summed E-state index contributed by atoms with van der Waals surface area (Å²) in [6, 6.07) is 19.9. The number of nitrogens with zero attached hydrogens (tertiary/aromatic N) is 1. The van der Waals surface area contributed by atoms with Gasteiger partial charge in [0.1, 0.15) is 8.24 Å². The molecule has 2 aromatic carbocycles. The molecule has 2 aliphatic carbocycles. The van der Waals surface area contributed by atoms with Crippen molar-refractivity contribution >= 4 is 13.8 Å². The summed E-state index contributed by atoms with van der Waals surface area (Å²) < 4.78 is 2.71. The van der Waals surface area contributed by atoms with E-state index in [2.05, 4.69) is 101 Å². The topological polar surface area (TPSA) is 27.3 Å². The van der Waals surface area contributed by atoms with Crippen molar-refractivity contribution < 1.29 is 0 Å². The molecule has 156 valence electrons. The quantitative estimate of drug-likeness (QED) is 0.666. The summed E-state index contributed by atoms with van der Waals surface area (Å²) in [6.45, 7) is 8.16. The smallest absolute Gasteiger partial charge is 0.128 e. The third kappa shape index (κ3) is 3.63. The van der Waals surface area contributed by atoms with Crippen molar-refractivity contribution in [3.05, 3.63) is 78.4 Å². The number of hydrogen-bond acceptors (Lipinski definition) is 3. The van der Waals surface area contributed by atoms with Crippen LogP contribution in [0.25, 0.3) is 16.7 Å². The highest BCUT2D eigenvalue weighted by molar-refractivity contribution is 6.76. The molecule has 1 heterocycles. The van der Waals surface area contributed by atoms with Crippen LogP contribution in [0.15, 0.2) is 72.8 Å². The molecular weight excluding hydrogens is 382 g/mol. The molecule has 3 aliphatic rings. The molecular formula is C26H33N3Si. The fraction of sp³-hybridized carbons (Fsp3) is 0.385. The molecule has 0 bridgehead atoms. The van der Waals surface area contributed by atoms with Crippen molar-refractivity contribution in [2.75, 3.05) is 20.0 Å². The monoisotopic (exact) mass is 415 g/mol. The van der Waals surface area contributed by atoms with Crippen LogP contribution in [0.1, 0.15) is 18.4 Å². The molecule has 0 amide bonds. The van der Waals surface area contributed by atoms with E-state index in [1.54, 1.807) is 5.57 Å². The van der Waals surface area contributed by atoms with Crippen LogP contribution in [-0.2, 0) is 0 Å². The number of allylic oxidation sites excluding steroid dienone is 4. The fourth-order valence-corrected chi connectivity index (χ4v) is 9.54. The second-order valence-corrected chi connectivity index (χ2v) is 14.2. The maximum atomic E-state index is 3.51. The minimum absolute atomic E-state index is 0.656. The first-order chi connectivity index (χ1) is 14.6. The number of hydrogen-bond donors (Lipinski definition) is 2. The Kier molecular flexibility index (Phi) is 5.50. The Hall–Kier alpha value is -1.98. The molecule has 3 unspecified atom stereocenters. The van der Waals surface area contributed by atoms with Gasteiger partial charge in [0, 0.05) is 20.0 Å². The van der Waals surface area contributed by atoms with E-state index in [9.17, 15) is 0 Å². The maximum absolute atomic E-state index is 3.51. The van der Waals surface area contributed by atoms with Gasteiger partial charge in [0.15, 0.2) is 0 Å². The van der Waals surface area contributed by atoms with Crippen molar-refractivity contribution in [3.63, 3.8) is 0 Å². The summed E-state index contributed by atoms with van der Waals surface area (Å²) in [6.07, 6.45) is 9.90. The average molecular weight is 416 g/mol. The molecule has 4 heteroatoms. The minimum Gasteiger partial charge on any atom is -0.299 e. The molecule has 1 saturated heterocycles. The molecule has 0 aromatic heterocycles. The van der Waals surface area contributed by atoms with Crippen LogP contribution >= 0.6 is 0 Å². The summed E-state index contributed by atoms with van der Waals surface area (Å²) >= 11 is 0. The second kappa shape index (κ2) is 8.27. The molecule has 2 fully saturated rings. The zero-order valence-corrected chi connectivity index (χ0v) is 19.1. The third-order valence-electron chi connectivity index (χ3n) is 7.61. The van der Waals surface area contributed by atoms with Gasteiger partial charge in [0.05, 0.1) is 0 Å². The predicted molar refractivity (Wildman–Crippen MR) is 129 cm³/mol. The van der Waals surface area contributed by atoms with Crippen LogP contribution in [0.5, 0.6) is 0 Å². The summed E-state index contributed by atoms with van der Waals surface area (Å²) in [4.78, 5) is 0. The lowest BCUT2D eigenvalue weighted by atomic mass is 9.81. The Labute approximate surface area is 182 Å². The highest BCUT2D eigenvalue weighted by Gasteiger charge is 2.48. The van der Waals surface area contributed by atoms with Crippen LogP contribution in [0.2, 0.25) is 18.6 Å². The minimum atomic E-state index is -1.54. The Morgan fingerprint density at radius 1 is 0.867 bits per heavy atom. The van der Waals surface area contributed by atoms with E-state index in [0.717, 1.165) is 25.5 Å². The second-order valence-electron chi connectivity index (χ2n) is 9.51. The van der Waals surface area contributed by atoms with Crippen LogP contribution in [0.4, 0.5) is 0 Å². The van der Waals surface area contributed by atoms with E-state index in [1.807, 2.05) is 0 Å². The largest absolute Gasteiger partial charge is 0.299 e. The average Bonchev–Trinajstić information content (AvgIpc) is 3.25. The lowest BCUT2D eigenvalue weighted by Crippen LogP contribution is -2.63. The summed E-state index contributed by atoms with van der Waals surface area (Å²) in [5, 5.41) is 7.03. The number of benzene rings is 2. The van der Waals surface area contributed by atoms with Gasteiger partial charge < -0.3 is 0 Å². The maximum Gasteiger partial charge on any atom is 0.128 e. The van der Waals surface area contributed by atoms with Crippen LogP contribution in [0, 0.1) is 11.8 Å². The van der Waals surface area contributed by atoms with E-state index in [-0.39, 0.29) is 0 Å². The molecule has 0 spiro atoms. The van der Waals surface area contributed by atoms with Gasteiger partial charge in [-0.2, -0.15) is 0 Å². The third-order valence-corrected chi connectivity index (χ3v) is 12.0. The molecule has 30 heavy (non-hydrogen) atoms. The molecule has 5 rings (SSSR count). The van der Waals surface area contributed by atoms with E-state index in [1.165, 1.54) is 29.5 Å². The summed E-state index contributed by atoms with van der Waals surface area (Å²) in [5.41, 5.74) is 6.36. The number of rotatable bonds is 4. The van der Waals surface area contributed by atoms with Crippen molar-refractivity contribution in [2.45, 2.75) is 31.5 Å². The normalized spacial score (nSPS) is 27.0. The predicted octanol–water partition coefficient (Wildman–Crippen LogP) is 5.28. The van der Waals surface area contributed by atoms with Gasteiger partial charge in [-0.15, -0.1) is 0 Å². The molecule has 2 N–H and O–H groups in total. The van der Waals surface area contributed by atoms with Gasteiger partial charge in [-0.25, -0.2) is 0 Å². The lowest BCUT2D eigenvalue weighted by molar-refractivity contribution is 0.283. The lowest BCUT2D eigenvalue weighted by Gasteiger charge is -2.45. The molecule has 1 aliphatic heterocycles. The Balaban J connectivity index is 1.41. The fourth-order valence-electron chi connectivity index (χ4n) is 5.88. The van der Waals surface area contributed by atoms with Crippen molar-refractivity contribution in [1.82, 2.24) is 15.2 Å². The Morgan fingerprint density at radius 2 is 1.60 bits per heavy atom. The molecule has 0 radical (unpaired) electrons. The highest BCUT2D eigenvalue weighted by atomic mass is 28.3. The van der Waals surface area contributed by atoms with Crippen LogP contribution < -0.4 is 10.6 Å². The Bertz CT molecular complexity index is 944. The highest BCUT2D eigenvalue weighted by Crippen LogP contribution is 2.54. The van der Waals surface area contributed by atoms with Crippen molar-refractivity contribution in [3.8, 4) is 11.1 Å². The summed E-state index contributed by atoms with van der Waals surface area (Å²) in [7, 11) is -1.54. The van der Waals surface area contributed by atoms with Gasteiger partial charge in [-0.1, -0.05) is 86.3 Å². The zero-order valence-electron chi connectivity index (χ0n) is 18.1. The first kappa shape index (κ1) is 19.9. The first-order valence-corrected chi connectivity index (χ1v) is 14.4. The van der Waals surface area contributed by atoms with Crippen LogP contribution in [0.3, 0.4) is 0 Å². The number of nitrogens with one attached hydrogen (secondary N) is 2. The van der Waals surface area contributed by atoms with E-state index in [0.29, 0.717) is 11.8 Å².